The van der Waals surface area contributed by atoms with Gasteiger partial charge in [-0.3, -0.25) is 0 Å². The van der Waals surface area contributed by atoms with E-state index in [0.29, 0.717) is 5.71 Å². The molecule has 4 N–H and O–H groups in total. The van der Waals surface area contributed by atoms with Gasteiger partial charge in [0.05, 0.1) is 11.9 Å². The van der Waals surface area contributed by atoms with E-state index in [1.54, 1.807) is 6.92 Å². The Morgan fingerprint density at radius 1 is 1.67 bits per heavy atom. The number of carboxylic acid groups (broad SMARTS) is 1. The summed E-state index contributed by atoms with van der Waals surface area (Å²) in [4.78, 5) is 13.1. The zero-order valence-electron chi connectivity index (χ0n) is 6.76. The van der Waals surface area contributed by atoms with Crippen LogP contribution in [0.5, 0.6) is 0 Å². The first kappa shape index (κ1) is 12.8. The summed E-state index contributed by atoms with van der Waals surface area (Å²) in [6.45, 7) is 1.66. The van der Waals surface area contributed by atoms with Crippen LogP contribution in [0.1, 0.15) is 6.92 Å². The topological polar surface area (TPSA) is 118 Å². The Morgan fingerprint density at radius 3 is 2.33 bits per heavy atom. The first-order valence-electron chi connectivity index (χ1n) is 2.78. The minimum Gasteiger partial charge on any atom is -0.465 e. The summed E-state index contributed by atoms with van der Waals surface area (Å²) in [6.07, 6.45) is -0.149. The van der Waals surface area contributed by atoms with E-state index in [2.05, 4.69) is 20.9 Å². The van der Waals surface area contributed by atoms with Gasteiger partial charge in [0, 0.05) is 0 Å². The highest BCUT2D eigenvalue weighted by molar-refractivity contribution is 6.29. The molecule has 0 aromatic carbocycles. The van der Waals surface area contributed by atoms with Crippen LogP contribution in [-0.2, 0) is 4.84 Å². The van der Waals surface area contributed by atoms with E-state index in [1.807, 2.05) is 0 Å². The molecule has 0 aromatic heterocycles. The molecule has 0 heterocycles. The summed E-state index contributed by atoms with van der Waals surface area (Å²) < 4.78 is 0. The van der Waals surface area contributed by atoms with Gasteiger partial charge in [-0.05, 0) is 6.92 Å². The second-order valence-corrected chi connectivity index (χ2v) is 1.50. The minimum absolute atomic E-state index is 0.523. The standard InChI is InChI=1S/C4H8N2O2.CH3NO2/c1-4(3-5-7)6-8-2;2-1(3)4/h3,7H,1-2H3;2H2,(H,3,4). The average molecular weight is 177 g/mol. The quantitative estimate of drug-likeness (QED) is 0.314. The third-order valence-corrected chi connectivity index (χ3v) is 0.480. The van der Waals surface area contributed by atoms with Gasteiger partial charge in [0.1, 0.15) is 7.11 Å². The Hall–Kier alpha value is -1.79. The molecule has 12 heavy (non-hydrogen) atoms. The fourth-order valence-electron chi connectivity index (χ4n) is 0.251. The van der Waals surface area contributed by atoms with Crippen LogP contribution in [0, 0.1) is 0 Å². The number of hydrogen-bond acceptors (Lipinski definition) is 5. The maximum atomic E-state index is 8.78. The van der Waals surface area contributed by atoms with E-state index >= 15 is 0 Å². The van der Waals surface area contributed by atoms with Crippen LogP contribution in [0.15, 0.2) is 10.3 Å². The highest BCUT2D eigenvalue weighted by Gasteiger charge is 1.79. The normalized spacial score (nSPS) is 10.3. The number of rotatable bonds is 2. The molecule has 70 valence electrons. The van der Waals surface area contributed by atoms with E-state index in [-0.39, 0.29) is 0 Å². The number of carbonyl (C=O) groups is 1. The lowest BCUT2D eigenvalue weighted by atomic mass is 10.5. The van der Waals surface area contributed by atoms with Crippen molar-refractivity contribution in [2.75, 3.05) is 7.11 Å². The molecule has 0 bridgehead atoms. The highest BCUT2D eigenvalue weighted by atomic mass is 16.6. The van der Waals surface area contributed by atoms with Crippen molar-refractivity contribution in [3.63, 3.8) is 0 Å². The Morgan fingerprint density at radius 2 is 2.08 bits per heavy atom. The molecular formula is C5H11N3O4. The molecule has 0 aliphatic heterocycles. The predicted molar refractivity (Wildman–Crippen MR) is 42.6 cm³/mol. The van der Waals surface area contributed by atoms with E-state index in [4.69, 9.17) is 15.1 Å². The largest absolute Gasteiger partial charge is 0.465 e. The molecule has 0 saturated heterocycles. The predicted octanol–water partition coefficient (Wildman–Crippen LogP) is 0.0918. The number of nitrogens with two attached hydrogens (primary N) is 1. The van der Waals surface area contributed by atoms with Gasteiger partial charge >= 0.3 is 6.09 Å². The van der Waals surface area contributed by atoms with Gasteiger partial charge in [0.25, 0.3) is 0 Å². The summed E-state index contributed by atoms with van der Waals surface area (Å²) in [7, 11) is 1.43. The van der Waals surface area contributed by atoms with E-state index in [9.17, 15) is 0 Å². The molecule has 0 radical (unpaired) electrons. The molecule has 0 spiro atoms. The minimum atomic E-state index is -1.33. The average Bonchev–Trinajstić information content (AvgIpc) is 1.87. The monoisotopic (exact) mass is 177 g/mol. The van der Waals surface area contributed by atoms with Crippen molar-refractivity contribution in [1.29, 1.82) is 0 Å². The fraction of sp³-hybridized carbons (Fsp3) is 0.400. The van der Waals surface area contributed by atoms with E-state index < -0.39 is 6.09 Å². The third-order valence-electron chi connectivity index (χ3n) is 0.480. The molecular weight excluding hydrogens is 166 g/mol. The molecule has 0 saturated carbocycles. The number of primary amides is 1. The van der Waals surface area contributed by atoms with Gasteiger partial charge in [0.15, 0.2) is 0 Å². The van der Waals surface area contributed by atoms with Crippen LogP contribution in [0.4, 0.5) is 4.79 Å². The van der Waals surface area contributed by atoms with E-state index in [1.165, 1.54) is 13.3 Å². The number of hydrogen-bond donors (Lipinski definition) is 3. The molecule has 0 atom stereocenters. The first-order chi connectivity index (χ1) is 5.54. The number of amides is 1. The molecule has 7 heteroatoms. The summed E-state index contributed by atoms with van der Waals surface area (Å²) in [5.74, 6) is 0. The van der Waals surface area contributed by atoms with Gasteiger partial charge in [-0.25, -0.2) is 4.79 Å². The van der Waals surface area contributed by atoms with Crippen LogP contribution in [-0.4, -0.2) is 35.4 Å². The Labute approximate surface area is 69.1 Å². The maximum Gasteiger partial charge on any atom is 0.402 e. The molecule has 0 fully saturated rings. The molecule has 0 aliphatic carbocycles. The Kier molecular flexibility index (Phi) is 9.86. The maximum absolute atomic E-state index is 8.78. The molecule has 0 unspecified atom stereocenters. The van der Waals surface area contributed by atoms with Crippen LogP contribution >= 0.6 is 0 Å². The van der Waals surface area contributed by atoms with Crippen molar-refractivity contribution >= 4 is 18.0 Å². The van der Waals surface area contributed by atoms with Gasteiger partial charge in [-0.15, -0.1) is 0 Å². The molecule has 0 aliphatic rings. The Bertz CT molecular complexity index is 174. The van der Waals surface area contributed by atoms with Crippen molar-refractivity contribution in [3.8, 4) is 0 Å². The second kappa shape index (κ2) is 9.21. The van der Waals surface area contributed by atoms with Crippen molar-refractivity contribution in [1.82, 2.24) is 0 Å². The summed E-state index contributed by atoms with van der Waals surface area (Å²) in [6, 6.07) is 0. The lowest BCUT2D eigenvalue weighted by molar-refractivity contribution is 0.205. The fourth-order valence-corrected chi connectivity index (χ4v) is 0.251. The lowest BCUT2D eigenvalue weighted by Gasteiger charge is -1.85. The van der Waals surface area contributed by atoms with Gasteiger partial charge in [-0.2, -0.15) is 0 Å². The van der Waals surface area contributed by atoms with Gasteiger partial charge < -0.3 is 20.9 Å². The zero-order chi connectivity index (χ0) is 9.98. The van der Waals surface area contributed by atoms with Crippen LogP contribution in [0.3, 0.4) is 0 Å². The molecule has 1 amide bonds. The number of oxime groups is 2. The highest BCUT2D eigenvalue weighted by Crippen LogP contribution is 1.71. The molecule has 7 nitrogen and oxygen atoms in total. The van der Waals surface area contributed by atoms with Crippen molar-refractivity contribution in [2.45, 2.75) is 6.92 Å². The van der Waals surface area contributed by atoms with Crippen LogP contribution in [0.2, 0.25) is 0 Å². The summed E-state index contributed by atoms with van der Waals surface area (Å²) in [5.41, 5.74) is 4.55. The first-order valence-corrected chi connectivity index (χ1v) is 2.78. The molecule has 0 rings (SSSR count). The lowest BCUT2D eigenvalue weighted by Crippen LogP contribution is -2.03. The van der Waals surface area contributed by atoms with Crippen molar-refractivity contribution in [2.24, 2.45) is 16.0 Å². The third kappa shape index (κ3) is 24.1. The number of nitrogens with zero attached hydrogens (tertiary/aromatic N) is 2. The van der Waals surface area contributed by atoms with Crippen molar-refractivity contribution in [3.05, 3.63) is 0 Å². The SMILES string of the molecule is CON=C(C)C=NO.NC(=O)O. The smallest absolute Gasteiger partial charge is 0.402 e. The summed E-state index contributed by atoms with van der Waals surface area (Å²) >= 11 is 0. The zero-order valence-corrected chi connectivity index (χ0v) is 6.76. The summed E-state index contributed by atoms with van der Waals surface area (Å²) in [5, 5.41) is 21.2. The van der Waals surface area contributed by atoms with Gasteiger partial charge in [-0.1, -0.05) is 10.3 Å². The van der Waals surface area contributed by atoms with E-state index in [0.717, 1.165) is 0 Å². The second-order valence-electron chi connectivity index (χ2n) is 1.50. The Balaban J connectivity index is 0. The molecule has 0 aromatic rings. The van der Waals surface area contributed by atoms with Crippen molar-refractivity contribution < 1.29 is 19.9 Å². The van der Waals surface area contributed by atoms with Crippen LogP contribution < -0.4 is 5.73 Å². The van der Waals surface area contributed by atoms with Crippen LogP contribution in [0.25, 0.3) is 0 Å². The van der Waals surface area contributed by atoms with Gasteiger partial charge in [0.2, 0.25) is 0 Å².